The summed E-state index contributed by atoms with van der Waals surface area (Å²) in [6.07, 6.45) is 0. The molecule has 0 aliphatic heterocycles. The molecular formula is C8H11BO3. The molecule has 0 bridgehead atoms. The number of rotatable bonds is 2. The average molecular weight is 166 g/mol. The van der Waals surface area contributed by atoms with Crippen molar-refractivity contribution in [3.05, 3.63) is 23.8 Å². The van der Waals surface area contributed by atoms with Gasteiger partial charge in [-0.25, -0.2) is 0 Å². The van der Waals surface area contributed by atoms with Crippen molar-refractivity contribution in [2.24, 2.45) is 0 Å². The minimum absolute atomic E-state index is 0.481. The van der Waals surface area contributed by atoms with Crippen LogP contribution in [0.3, 0.4) is 0 Å². The molecule has 4 heteroatoms. The molecule has 1 aromatic rings. The first-order valence-electron chi connectivity index (χ1n) is 3.66. The molecule has 0 fully saturated rings. The number of hydrogen-bond acceptors (Lipinski definition) is 3. The van der Waals surface area contributed by atoms with E-state index in [9.17, 15) is 0 Å². The highest BCUT2D eigenvalue weighted by atomic mass is 16.5. The lowest BCUT2D eigenvalue weighted by molar-refractivity contribution is 0.409. The summed E-state index contributed by atoms with van der Waals surface area (Å²) in [6.45, 7) is 1.79. The van der Waals surface area contributed by atoms with Crippen molar-refractivity contribution >= 4 is 12.6 Å². The molecule has 0 atom stereocenters. The fraction of sp³-hybridized carbons (Fsp3) is 0.250. The highest BCUT2D eigenvalue weighted by Crippen LogP contribution is 2.13. The summed E-state index contributed by atoms with van der Waals surface area (Å²) < 4.78 is 5.01. The lowest BCUT2D eigenvalue weighted by Gasteiger charge is -2.08. The van der Waals surface area contributed by atoms with E-state index >= 15 is 0 Å². The van der Waals surface area contributed by atoms with Crippen LogP contribution >= 0.6 is 0 Å². The van der Waals surface area contributed by atoms with E-state index in [2.05, 4.69) is 0 Å². The monoisotopic (exact) mass is 166 g/mol. The second-order valence-electron chi connectivity index (χ2n) is 2.55. The van der Waals surface area contributed by atoms with Crippen LogP contribution in [0, 0.1) is 6.92 Å². The maximum Gasteiger partial charge on any atom is 0.488 e. The SMILES string of the molecule is COc1cccc(B(O)O)c1C. The summed E-state index contributed by atoms with van der Waals surface area (Å²) >= 11 is 0. The number of hydrogen-bond donors (Lipinski definition) is 2. The molecule has 1 rings (SSSR count). The zero-order valence-corrected chi connectivity index (χ0v) is 7.11. The van der Waals surface area contributed by atoms with Crippen LogP contribution in [-0.4, -0.2) is 24.3 Å². The Hall–Kier alpha value is -0.995. The van der Waals surface area contributed by atoms with Gasteiger partial charge in [-0.2, -0.15) is 0 Å². The van der Waals surface area contributed by atoms with E-state index in [0.29, 0.717) is 11.2 Å². The maximum atomic E-state index is 8.92. The van der Waals surface area contributed by atoms with Crippen molar-refractivity contribution in [3.8, 4) is 5.75 Å². The van der Waals surface area contributed by atoms with Gasteiger partial charge in [-0.15, -0.1) is 0 Å². The van der Waals surface area contributed by atoms with Gasteiger partial charge in [0.05, 0.1) is 7.11 Å². The Balaban J connectivity index is 3.14. The van der Waals surface area contributed by atoms with Crippen LogP contribution in [0.4, 0.5) is 0 Å². The zero-order chi connectivity index (χ0) is 9.14. The first kappa shape index (κ1) is 9.10. The van der Waals surface area contributed by atoms with Crippen LogP contribution < -0.4 is 10.2 Å². The van der Waals surface area contributed by atoms with Gasteiger partial charge in [0, 0.05) is 0 Å². The standard InChI is InChI=1S/C8H11BO3/c1-6-7(9(10)11)4-3-5-8(6)12-2/h3-5,10-11H,1-2H3. The molecule has 0 saturated heterocycles. The van der Waals surface area contributed by atoms with E-state index in [0.717, 1.165) is 5.56 Å². The number of ether oxygens (including phenoxy) is 1. The normalized spacial score (nSPS) is 9.67. The number of methoxy groups -OCH3 is 1. The van der Waals surface area contributed by atoms with Gasteiger partial charge in [-0.05, 0) is 24.0 Å². The van der Waals surface area contributed by atoms with Crippen molar-refractivity contribution in [2.45, 2.75) is 6.92 Å². The summed E-state index contributed by atoms with van der Waals surface area (Å²) in [6, 6.07) is 5.16. The van der Waals surface area contributed by atoms with Crippen molar-refractivity contribution in [1.29, 1.82) is 0 Å². The van der Waals surface area contributed by atoms with Gasteiger partial charge < -0.3 is 14.8 Å². The molecule has 12 heavy (non-hydrogen) atoms. The quantitative estimate of drug-likeness (QED) is 0.592. The summed E-state index contributed by atoms with van der Waals surface area (Å²) in [4.78, 5) is 0. The number of benzene rings is 1. The summed E-state index contributed by atoms with van der Waals surface area (Å²) in [7, 11) is 0.121. The molecule has 64 valence electrons. The molecule has 3 nitrogen and oxygen atoms in total. The van der Waals surface area contributed by atoms with Crippen LogP contribution in [0.25, 0.3) is 0 Å². The Morgan fingerprint density at radius 2 is 2.00 bits per heavy atom. The van der Waals surface area contributed by atoms with Crippen LogP contribution in [0.2, 0.25) is 0 Å². The lowest BCUT2D eigenvalue weighted by Crippen LogP contribution is -2.32. The lowest BCUT2D eigenvalue weighted by atomic mass is 9.77. The van der Waals surface area contributed by atoms with Crippen LogP contribution in [-0.2, 0) is 0 Å². The molecule has 0 aromatic heterocycles. The second kappa shape index (κ2) is 3.60. The molecule has 2 N–H and O–H groups in total. The summed E-state index contributed by atoms with van der Waals surface area (Å²) in [5.74, 6) is 0.667. The molecule has 0 radical (unpaired) electrons. The van der Waals surface area contributed by atoms with Gasteiger partial charge in [-0.1, -0.05) is 12.1 Å². The predicted octanol–water partition coefficient (Wildman–Crippen LogP) is -0.317. The smallest absolute Gasteiger partial charge is 0.488 e. The van der Waals surface area contributed by atoms with Gasteiger partial charge in [0.25, 0.3) is 0 Å². The van der Waals surface area contributed by atoms with E-state index in [4.69, 9.17) is 14.8 Å². The van der Waals surface area contributed by atoms with Gasteiger partial charge >= 0.3 is 7.12 Å². The Kier molecular flexibility index (Phi) is 2.73. The maximum absolute atomic E-state index is 8.92. The largest absolute Gasteiger partial charge is 0.497 e. The van der Waals surface area contributed by atoms with Gasteiger partial charge in [-0.3, -0.25) is 0 Å². The third-order valence-corrected chi connectivity index (χ3v) is 1.82. The van der Waals surface area contributed by atoms with Gasteiger partial charge in [0.1, 0.15) is 5.75 Å². The first-order valence-corrected chi connectivity index (χ1v) is 3.66. The molecule has 0 saturated carbocycles. The zero-order valence-electron chi connectivity index (χ0n) is 7.11. The fourth-order valence-corrected chi connectivity index (χ4v) is 1.13. The topological polar surface area (TPSA) is 49.7 Å². The Bertz CT molecular complexity index is 273. The van der Waals surface area contributed by atoms with Crippen molar-refractivity contribution < 1.29 is 14.8 Å². The van der Waals surface area contributed by atoms with E-state index in [-0.39, 0.29) is 0 Å². The van der Waals surface area contributed by atoms with Crippen molar-refractivity contribution in [2.75, 3.05) is 7.11 Å². The minimum Gasteiger partial charge on any atom is -0.497 e. The Labute approximate surface area is 71.8 Å². The van der Waals surface area contributed by atoms with Gasteiger partial charge in [0.15, 0.2) is 0 Å². The molecule has 0 aliphatic carbocycles. The third-order valence-electron chi connectivity index (χ3n) is 1.82. The molecule has 0 unspecified atom stereocenters. The highest BCUT2D eigenvalue weighted by Gasteiger charge is 2.15. The van der Waals surface area contributed by atoms with Gasteiger partial charge in [0.2, 0.25) is 0 Å². The minimum atomic E-state index is -1.43. The molecule has 0 aliphatic rings. The first-order chi connectivity index (χ1) is 5.66. The molecule has 0 spiro atoms. The molecule has 0 heterocycles. The van der Waals surface area contributed by atoms with E-state index < -0.39 is 7.12 Å². The van der Waals surface area contributed by atoms with E-state index in [1.807, 2.05) is 0 Å². The van der Waals surface area contributed by atoms with Crippen LogP contribution in [0.15, 0.2) is 18.2 Å². The average Bonchev–Trinajstić information content (AvgIpc) is 2.04. The van der Waals surface area contributed by atoms with E-state index in [1.54, 1.807) is 32.2 Å². The Morgan fingerprint density at radius 1 is 1.33 bits per heavy atom. The molecule has 1 aromatic carbocycles. The molecular weight excluding hydrogens is 155 g/mol. The second-order valence-corrected chi connectivity index (χ2v) is 2.55. The Morgan fingerprint density at radius 3 is 2.50 bits per heavy atom. The summed E-state index contributed by atoms with van der Waals surface area (Å²) in [5.41, 5.74) is 1.24. The molecule has 0 amide bonds. The summed E-state index contributed by atoms with van der Waals surface area (Å²) in [5, 5.41) is 17.8. The van der Waals surface area contributed by atoms with Crippen LogP contribution in [0.5, 0.6) is 5.75 Å². The van der Waals surface area contributed by atoms with E-state index in [1.165, 1.54) is 0 Å². The predicted molar refractivity (Wildman–Crippen MR) is 47.6 cm³/mol. The highest BCUT2D eigenvalue weighted by molar-refractivity contribution is 6.59. The van der Waals surface area contributed by atoms with Crippen molar-refractivity contribution in [3.63, 3.8) is 0 Å². The third kappa shape index (κ3) is 1.60. The van der Waals surface area contributed by atoms with Crippen LogP contribution in [0.1, 0.15) is 5.56 Å². The fourth-order valence-electron chi connectivity index (χ4n) is 1.13. The van der Waals surface area contributed by atoms with Crippen molar-refractivity contribution in [1.82, 2.24) is 0 Å².